The fraction of sp³-hybridized carbons (Fsp3) is 0.294. The second kappa shape index (κ2) is 6.36. The third-order valence-electron chi connectivity index (χ3n) is 3.37. The van der Waals surface area contributed by atoms with E-state index in [1.165, 1.54) is 11.1 Å². The molecule has 2 N–H and O–H groups in total. The van der Waals surface area contributed by atoms with Gasteiger partial charge in [0.1, 0.15) is 0 Å². The molecule has 18 heavy (non-hydrogen) atoms. The Balaban J connectivity index is 2.35. The molecule has 0 unspecified atom stereocenters. The summed E-state index contributed by atoms with van der Waals surface area (Å²) in [5.74, 6) is 0.298. The lowest BCUT2D eigenvalue weighted by Gasteiger charge is -2.24. The Morgan fingerprint density at radius 1 is 0.833 bits per heavy atom. The van der Waals surface area contributed by atoms with Crippen LogP contribution in [0.15, 0.2) is 60.7 Å². The molecule has 0 bridgehead atoms. The van der Waals surface area contributed by atoms with Gasteiger partial charge in [-0.05, 0) is 17.5 Å². The molecule has 0 saturated carbocycles. The lowest BCUT2D eigenvalue weighted by molar-refractivity contribution is 0.544. The van der Waals surface area contributed by atoms with Gasteiger partial charge in [0, 0.05) is 12.0 Å². The Bertz CT molecular complexity index is 410. The van der Waals surface area contributed by atoms with Crippen LogP contribution in [0, 0.1) is 0 Å². The van der Waals surface area contributed by atoms with Crippen molar-refractivity contribution in [2.75, 3.05) is 0 Å². The van der Waals surface area contributed by atoms with E-state index < -0.39 is 0 Å². The van der Waals surface area contributed by atoms with Gasteiger partial charge in [-0.2, -0.15) is 0 Å². The maximum atomic E-state index is 6.39. The molecule has 1 nitrogen and oxygen atoms in total. The molecule has 0 radical (unpaired) electrons. The normalized spacial score (nSPS) is 12.6. The van der Waals surface area contributed by atoms with Crippen molar-refractivity contribution in [3.8, 4) is 0 Å². The van der Waals surface area contributed by atoms with Gasteiger partial charge >= 0.3 is 0 Å². The molecule has 0 aliphatic rings. The monoisotopic (exact) mass is 239 g/mol. The summed E-state index contributed by atoms with van der Waals surface area (Å²) >= 11 is 0. The summed E-state index contributed by atoms with van der Waals surface area (Å²) in [6.45, 7) is 2.19. The minimum atomic E-state index is 0.180. The van der Waals surface area contributed by atoms with Crippen molar-refractivity contribution < 1.29 is 0 Å². The van der Waals surface area contributed by atoms with E-state index in [0.717, 1.165) is 12.8 Å². The van der Waals surface area contributed by atoms with Gasteiger partial charge in [0.2, 0.25) is 0 Å². The molecule has 0 saturated heterocycles. The molecular formula is C17H21N. The van der Waals surface area contributed by atoms with Gasteiger partial charge in [-0.15, -0.1) is 0 Å². The van der Waals surface area contributed by atoms with Gasteiger partial charge in [0.05, 0.1) is 0 Å². The molecule has 0 amide bonds. The standard InChI is InChI=1S/C17H21N/c1-2-9-16(18)17(14-10-5-3-6-11-14)15-12-7-4-8-13-15/h3-8,10-13,16-17H,2,9,18H2,1H3/t16-/m1/s1. The summed E-state index contributed by atoms with van der Waals surface area (Å²) < 4.78 is 0. The average molecular weight is 239 g/mol. The molecular weight excluding hydrogens is 218 g/mol. The summed E-state index contributed by atoms with van der Waals surface area (Å²) in [6.07, 6.45) is 2.17. The molecule has 0 heterocycles. The Morgan fingerprint density at radius 3 is 1.67 bits per heavy atom. The van der Waals surface area contributed by atoms with E-state index in [9.17, 15) is 0 Å². The fourth-order valence-corrected chi connectivity index (χ4v) is 2.51. The number of hydrogen-bond acceptors (Lipinski definition) is 1. The van der Waals surface area contributed by atoms with Crippen LogP contribution in [0.5, 0.6) is 0 Å². The van der Waals surface area contributed by atoms with Crippen LogP contribution in [-0.4, -0.2) is 6.04 Å². The first-order valence-corrected chi connectivity index (χ1v) is 6.68. The summed E-state index contributed by atoms with van der Waals surface area (Å²) in [5.41, 5.74) is 9.01. The second-order valence-electron chi connectivity index (χ2n) is 4.75. The van der Waals surface area contributed by atoms with E-state index in [1.54, 1.807) is 0 Å². The Kier molecular flexibility index (Phi) is 4.54. The molecule has 0 aromatic heterocycles. The van der Waals surface area contributed by atoms with Crippen molar-refractivity contribution in [2.24, 2.45) is 5.73 Å². The van der Waals surface area contributed by atoms with Crippen LogP contribution < -0.4 is 5.73 Å². The third-order valence-corrected chi connectivity index (χ3v) is 3.37. The SMILES string of the molecule is CCC[C@@H](N)C(c1ccccc1)c1ccccc1. The van der Waals surface area contributed by atoms with Crippen LogP contribution in [0.3, 0.4) is 0 Å². The summed E-state index contributed by atoms with van der Waals surface area (Å²) in [4.78, 5) is 0. The third kappa shape index (κ3) is 2.99. The van der Waals surface area contributed by atoms with E-state index in [-0.39, 0.29) is 6.04 Å². The van der Waals surface area contributed by atoms with E-state index in [0.29, 0.717) is 5.92 Å². The molecule has 2 aromatic carbocycles. The fourth-order valence-electron chi connectivity index (χ4n) is 2.51. The van der Waals surface area contributed by atoms with Crippen LogP contribution in [0.1, 0.15) is 36.8 Å². The van der Waals surface area contributed by atoms with Crippen molar-refractivity contribution in [1.82, 2.24) is 0 Å². The van der Waals surface area contributed by atoms with Crippen molar-refractivity contribution in [3.63, 3.8) is 0 Å². The van der Waals surface area contributed by atoms with Gasteiger partial charge in [0.15, 0.2) is 0 Å². The van der Waals surface area contributed by atoms with Gasteiger partial charge < -0.3 is 5.73 Å². The predicted octanol–water partition coefficient (Wildman–Crippen LogP) is 3.95. The van der Waals surface area contributed by atoms with Crippen molar-refractivity contribution >= 4 is 0 Å². The molecule has 1 heteroatoms. The van der Waals surface area contributed by atoms with E-state index in [2.05, 4.69) is 67.6 Å². The molecule has 0 aliphatic carbocycles. The number of benzene rings is 2. The van der Waals surface area contributed by atoms with E-state index in [1.807, 2.05) is 0 Å². The highest BCUT2D eigenvalue weighted by Crippen LogP contribution is 2.28. The zero-order chi connectivity index (χ0) is 12.8. The summed E-state index contributed by atoms with van der Waals surface area (Å²) in [5, 5.41) is 0. The largest absolute Gasteiger partial charge is 0.327 e. The maximum Gasteiger partial charge on any atom is 0.0241 e. The molecule has 2 rings (SSSR count). The van der Waals surface area contributed by atoms with Gasteiger partial charge in [0.25, 0.3) is 0 Å². The molecule has 1 atom stereocenters. The quantitative estimate of drug-likeness (QED) is 0.840. The zero-order valence-corrected chi connectivity index (χ0v) is 10.9. The minimum Gasteiger partial charge on any atom is -0.327 e. The number of rotatable bonds is 5. The number of hydrogen-bond donors (Lipinski definition) is 1. The van der Waals surface area contributed by atoms with Crippen molar-refractivity contribution in [2.45, 2.75) is 31.7 Å². The van der Waals surface area contributed by atoms with Crippen LogP contribution in [0.2, 0.25) is 0 Å². The first-order valence-electron chi connectivity index (χ1n) is 6.68. The van der Waals surface area contributed by atoms with Gasteiger partial charge in [-0.3, -0.25) is 0 Å². The Hall–Kier alpha value is -1.60. The highest BCUT2D eigenvalue weighted by molar-refractivity contribution is 5.34. The van der Waals surface area contributed by atoms with Crippen LogP contribution in [0.25, 0.3) is 0 Å². The van der Waals surface area contributed by atoms with Crippen LogP contribution >= 0.6 is 0 Å². The Morgan fingerprint density at radius 2 is 1.28 bits per heavy atom. The lowest BCUT2D eigenvalue weighted by atomic mass is 9.84. The second-order valence-corrected chi connectivity index (χ2v) is 4.75. The summed E-state index contributed by atoms with van der Waals surface area (Å²) in [7, 11) is 0. The predicted molar refractivity (Wildman–Crippen MR) is 77.6 cm³/mol. The minimum absolute atomic E-state index is 0.180. The van der Waals surface area contributed by atoms with E-state index in [4.69, 9.17) is 5.73 Å². The van der Waals surface area contributed by atoms with E-state index >= 15 is 0 Å². The first-order chi connectivity index (χ1) is 8.83. The zero-order valence-electron chi connectivity index (χ0n) is 10.9. The Labute approximate surface area is 110 Å². The highest BCUT2D eigenvalue weighted by Gasteiger charge is 2.20. The molecule has 94 valence electrons. The smallest absolute Gasteiger partial charge is 0.0241 e. The van der Waals surface area contributed by atoms with Gasteiger partial charge in [-0.25, -0.2) is 0 Å². The molecule has 0 spiro atoms. The molecule has 0 aliphatic heterocycles. The lowest BCUT2D eigenvalue weighted by Crippen LogP contribution is -2.29. The van der Waals surface area contributed by atoms with Crippen molar-refractivity contribution in [3.05, 3.63) is 71.8 Å². The topological polar surface area (TPSA) is 26.0 Å². The summed E-state index contributed by atoms with van der Waals surface area (Å²) in [6, 6.07) is 21.3. The molecule has 0 fully saturated rings. The maximum absolute atomic E-state index is 6.39. The average Bonchev–Trinajstić information content (AvgIpc) is 2.42. The highest BCUT2D eigenvalue weighted by atomic mass is 14.6. The number of nitrogens with two attached hydrogens (primary N) is 1. The van der Waals surface area contributed by atoms with Crippen LogP contribution in [0.4, 0.5) is 0 Å². The van der Waals surface area contributed by atoms with Crippen molar-refractivity contribution in [1.29, 1.82) is 0 Å². The van der Waals surface area contributed by atoms with Gasteiger partial charge in [-0.1, -0.05) is 74.0 Å². The van der Waals surface area contributed by atoms with Crippen LogP contribution in [-0.2, 0) is 0 Å². The molecule has 2 aromatic rings. The first kappa shape index (κ1) is 12.8.